The van der Waals surface area contributed by atoms with E-state index in [2.05, 4.69) is 10.6 Å². The summed E-state index contributed by atoms with van der Waals surface area (Å²) in [4.78, 5) is 11.5. The lowest BCUT2D eigenvalue weighted by Crippen LogP contribution is -2.53. The van der Waals surface area contributed by atoms with Crippen LogP contribution < -0.4 is 10.6 Å². The Kier molecular flexibility index (Phi) is 3.82. The van der Waals surface area contributed by atoms with Crippen LogP contribution >= 0.6 is 0 Å². The van der Waals surface area contributed by atoms with Crippen LogP contribution in [0.4, 0.5) is 0 Å². The lowest BCUT2D eigenvalue weighted by Gasteiger charge is -2.34. The van der Waals surface area contributed by atoms with E-state index in [0.717, 1.165) is 45.1 Å². The van der Waals surface area contributed by atoms with E-state index in [4.69, 9.17) is 0 Å². The summed E-state index contributed by atoms with van der Waals surface area (Å²) in [5.41, 5.74) is -0.573. The maximum atomic E-state index is 11.5. The summed E-state index contributed by atoms with van der Waals surface area (Å²) in [6.07, 6.45) is 7.10. The average Bonchev–Trinajstić information content (AvgIpc) is 2.29. The maximum absolute atomic E-state index is 11.5. The normalized spacial score (nSPS) is 29.8. The largest absolute Gasteiger partial charge is 0.389 e. The molecule has 2 rings (SSSR count). The Morgan fingerprint density at radius 1 is 1.31 bits per heavy atom. The predicted octanol–water partition coefficient (Wildman–Crippen LogP) is 0.550. The van der Waals surface area contributed by atoms with Crippen molar-refractivity contribution in [2.45, 2.75) is 56.6 Å². The number of carbonyl (C=O) groups is 1. The van der Waals surface area contributed by atoms with E-state index in [9.17, 15) is 9.90 Å². The molecule has 4 nitrogen and oxygen atoms in total. The molecule has 0 aromatic heterocycles. The van der Waals surface area contributed by atoms with Gasteiger partial charge < -0.3 is 15.7 Å². The highest BCUT2D eigenvalue weighted by molar-refractivity contribution is 5.82. The molecule has 0 aromatic carbocycles. The summed E-state index contributed by atoms with van der Waals surface area (Å²) in [7, 11) is 0. The Morgan fingerprint density at radius 2 is 2.06 bits per heavy atom. The van der Waals surface area contributed by atoms with Crippen molar-refractivity contribution in [1.29, 1.82) is 0 Å². The van der Waals surface area contributed by atoms with Crippen LogP contribution in [0.25, 0.3) is 0 Å². The molecule has 3 N–H and O–H groups in total. The van der Waals surface area contributed by atoms with Crippen LogP contribution in [-0.2, 0) is 4.79 Å². The molecule has 0 radical (unpaired) electrons. The van der Waals surface area contributed by atoms with Gasteiger partial charge in [-0.1, -0.05) is 19.3 Å². The zero-order valence-corrected chi connectivity index (χ0v) is 9.80. The Labute approximate surface area is 96.8 Å². The maximum Gasteiger partial charge on any atom is 0.237 e. The fourth-order valence-electron chi connectivity index (χ4n) is 2.67. The Hall–Kier alpha value is -0.610. The molecule has 0 bridgehead atoms. The Morgan fingerprint density at radius 3 is 2.75 bits per heavy atom. The third kappa shape index (κ3) is 2.95. The number of nitrogens with one attached hydrogen (secondary N) is 2. The molecule has 2 aliphatic rings. The fraction of sp³-hybridized carbons (Fsp3) is 0.917. The summed E-state index contributed by atoms with van der Waals surface area (Å²) in [6, 6.07) is -0.0975. The molecule has 1 unspecified atom stereocenters. The zero-order chi connectivity index (χ0) is 11.4. The highest BCUT2D eigenvalue weighted by Crippen LogP contribution is 2.27. The van der Waals surface area contributed by atoms with E-state index in [-0.39, 0.29) is 11.9 Å². The summed E-state index contributed by atoms with van der Waals surface area (Å²) < 4.78 is 0. The highest BCUT2D eigenvalue weighted by Gasteiger charge is 2.31. The van der Waals surface area contributed by atoms with Gasteiger partial charge >= 0.3 is 0 Å². The van der Waals surface area contributed by atoms with Gasteiger partial charge in [-0.3, -0.25) is 4.79 Å². The first kappa shape index (κ1) is 11.9. The quantitative estimate of drug-likeness (QED) is 0.658. The second-order valence-corrected chi connectivity index (χ2v) is 5.15. The van der Waals surface area contributed by atoms with Crippen molar-refractivity contribution in [3.05, 3.63) is 0 Å². The summed E-state index contributed by atoms with van der Waals surface area (Å²) >= 11 is 0. The first-order valence-electron chi connectivity index (χ1n) is 6.43. The SMILES string of the molecule is O=C1NCCCC1NCC1(O)CCCCC1. The van der Waals surface area contributed by atoms with Crippen molar-refractivity contribution in [1.82, 2.24) is 10.6 Å². The summed E-state index contributed by atoms with van der Waals surface area (Å²) in [5.74, 6) is 0.0886. The molecule has 2 fully saturated rings. The van der Waals surface area contributed by atoms with Crippen molar-refractivity contribution in [2.24, 2.45) is 0 Å². The third-order valence-electron chi connectivity index (χ3n) is 3.75. The predicted molar refractivity (Wildman–Crippen MR) is 62.1 cm³/mol. The highest BCUT2D eigenvalue weighted by atomic mass is 16.3. The van der Waals surface area contributed by atoms with Crippen LogP contribution in [0.15, 0.2) is 0 Å². The Balaban J connectivity index is 1.79. The van der Waals surface area contributed by atoms with Crippen molar-refractivity contribution < 1.29 is 9.90 Å². The molecular formula is C12H22N2O2. The van der Waals surface area contributed by atoms with Crippen LogP contribution in [0, 0.1) is 0 Å². The number of hydrogen-bond acceptors (Lipinski definition) is 3. The van der Waals surface area contributed by atoms with Gasteiger partial charge in [-0.2, -0.15) is 0 Å². The first-order chi connectivity index (χ1) is 7.70. The first-order valence-corrected chi connectivity index (χ1v) is 6.43. The number of piperidine rings is 1. The standard InChI is InChI=1S/C12H22N2O2/c15-11-10(5-4-8-13-11)14-9-12(16)6-2-1-3-7-12/h10,14,16H,1-9H2,(H,13,15). The molecular weight excluding hydrogens is 204 g/mol. The number of rotatable bonds is 3. The van der Waals surface area contributed by atoms with Crippen molar-refractivity contribution in [3.8, 4) is 0 Å². The molecule has 0 aromatic rings. The van der Waals surface area contributed by atoms with E-state index >= 15 is 0 Å². The molecule has 1 amide bonds. The van der Waals surface area contributed by atoms with Gasteiger partial charge in [-0.05, 0) is 25.7 Å². The fourth-order valence-corrected chi connectivity index (χ4v) is 2.67. The minimum atomic E-state index is -0.573. The Bertz CT molecular complexity index is 249. The van der Waals surface area contributed by atoms with Gasteiger partial charge in [-0.25, -0.2) is 0 Å². The number of carbonyl (C=O) groups excluding carboxylic acids is 1. The van der Waals surface area contributed by atoms with Gasteiger partial charge in [0, 0.05) is 13.1 Å². The van der Waals surface area contributed by atoms with Crippen molar-refractivity contribution in [2.75, 3.05) is 13.1 Å². The van der Waals surface area contributed by atoms with Crippen LogP contribution in [0.3, 0.4) is 0 Å². The number of amides is 1. The molecule has 1 atom stereocenters. The van der Waals surface area contributed by atoms with Crippen LogP contribution in [-0.4, -0.2) is 35.7 Å². The van der Waals surface area contributed by atoms with Gasteiger partial charge in [0.15, 0.2) is 0 Å². The molecule has 16 heavy (non-hydrogen) atoms. The van der Waals surface area contributed by atoms with Gasteiger partial charge in [0.1, 0.15) is 0 Å². The lowest BCUT2D eigenvalue weighted by molar-refractivity contribution is -0.124. The molecule has 4 heteroatoms. The van der Waals surface area contributed by atoms with Crippen LogP contribution in [0.2, 0.25) is 0 Å². The minimum absolute atomic E-state index is 0.0886. The smallest absolute Gasteiger partial charge is 0.237 e. The number of hydrogen-bond donors (Lipinski definition) is 3. The summed E-state index contributed by atoms with van der Waals surface area (Å²) in [6.45, 7) is 1.35. The van der Waals surface area contributed by atoms with E-state index in [1.807, 2.05) is 0 Å². The van der Waals surface area contributed by atoms with Gasteiger partial charge in [-0.15, -0.1) is 0 Å². The molecule has 0 spiro atoms. The third-order valence-corrected chi connectivity index (χ3v) is 3.75. The van der Waals surface area contributed by atoms with Crippen LogP contribution in [0.5, 0.6) is 0 Å². The van der Waals surface area contributed by atoms with E-state index in [1.54, 1.807) is 0 Å². The second kappa shape index (κ2) is 5.15. The number of aliphatic hydroxyl groups is 1. The van der Waals surface area contributed by atoms with Crippen molar-refractivity contribution in [3.63, 3.8) is 0 Å². The van der Waals surface area contributed by atoms with E-state index in [1.165, 1.54) is 6.42 Å². The van der Waals surface area contributed by atoms with E-state index < -0.39 is 5.60 Å². The minimum Gasteiger partial charge on any atom is -0.389 e. The van der Waals surface area contributed by atoms with Gasteiger partial charge in [0.2, 0.25) is 5.91 Å². The molecule has 1 saturated heterocycles. The topological polar surface area (TPSA) is 61.4 Å². The van der Waals surface area contributed by atoms with Gasteiger partial charge in [0.05, 0.1) is 11.6 Å². The molecule has 1 heterocycles. The molecule has 1 aliphatic heterocycles. The average molecular weight is 226 g/mol. The second-order valence-electron chi connectivity index (χ2n) is 5.15. The van der Waals surface area contributed by atoms with Crippen molar-refractivity contribution >= 4 is 5.91 Å². The van der Waals surface area contributed by atoms with Gasteiger partial charge in [0.25, 0.3) is 0 Å². The lowest BCUT2D eigenvalue weighted by atomic mass is 9.84. The monoisotopic (exact) mass is 226 g/mol. The zero-order valence-electron chi connectivity index (χ0n) is 9.80. The summed E-state index contributed by atoms with van der Waals surface area (Å²) in [5, 5.41) is 16.4. The molecule has 1 aliphatic carbocycles. The van der Waals surface area contributed by atoms with Crippen LogP contribution in [0.1, 0.15) is 44.9 Å². The molecule has 1 saturated carbocycles. The molecule has 92 valence electrons. The van der Waals surface area contributed by atoms with E-state index in [0.29, 0.717) is 6.54 Å².